The molecule has 2 N–H and O–H groups in total. The molecule has 0 bridgehead atoms. The van der Waals surface area contributed by atoms with Gasteiger partial charge in [0.05, 0.1) is 17.4 Å². The predicted molar refractivity (Wildman–Crippen MR) is 81.2 cm³/mol. The maximum atomic E-state index is 11.2. The van der Waals surface area contributed by atoms with Gasteiger partial charge in [0.25, 0.3) is 0 Å². The van der Waals surface area contributed by atoms with Crippen LogP contribution in [0.2, 0.25) is 5.15 Å². The fourth-order valence-electron chi connectivity index (χ4n) is 1.98. The molecule has 0 radical (unpaired) electrons. The molecule has 6 heteroatoms. The zero-order chi connectivity index (χ0) is 14.8. The Bertz CT molecular complexity index is 836. The van der Waals surface area contributed by atoms with Gasteiger partial charge in [-0.15, -0.1) is 0 Å². The molecule has 2 aromatic heterocycles. The average molecular weight is 300 g/mol. The third kappa shape index (κ3) is 2.78. The minimum atomic E-state index is -1.07. The molecule has 2 heterocycles. The van der Waals surface area contributed by atoms with E-state index in [1.54, 1.807) is 6.20 Å². The van der Waals surface area contributed by atoms with Crippen LogP contribution in [0.5, 0.6) is 0 Å². The number of aromatic carboxylic acids is 1. The Kier molecular flexibility index (Phi) is 3.41. The molecule has 3 rings (SSSR count). The van der Waals surface area contributed by atoms with Gasteiger partial charge in [0.15, 0.2) is 0 Å². The Hall–Kier alpha value is -2.66. The van der Waals surface area contributed by atoms with Crippen molar-refractivity contribution in [3.05, 3.63) is 59.4 Å². The first-order valence-electron chi connectivity index (χ1n) is 6.15. The van der Waals surface area contributed by atoms with E-state index in [1.165, 1.54) is 12.1 Å². The Balaban J connectivity index is 2.02. The summed E-state index contributed by atoms with van der Waals surface area (Å²) in [5.41, 5.74) is 1.55. The molecule has 5 nitrogen and oxygen atoms in total. The molecule has 0 amide bonds. The van der Waals surface area contributed by atoms with Crippen LogP contribution < -0.4 is 5.32 Å². The van der Waals surface area contributed by atoms with E-state index in [9.17, 15) is 4.79 Å². The first kappa shape index (κ1) is 13.3. The quantitative estimate of drug-likeness (QED) is 0.721. The molecule has 0 saturated carbocycles. The van der Waals surface area contributed by atoms with Crippen LogP contribution in [0.15, 0.2) is 48.7 Å². The number of anilines is 2. The van der Waals surface area contributed by atoms with Gasteiger partial charge in [0.2, 0.25) is 0 Å². The number of pyridine rings is 2. The molecule has 0 unspecified atom stereocenters. The standard InChI is InChI=1S/C15H10ClN3O2/c16-13-6-5-11(15(20)21)14(19-13)18-10-7-9-3-1-2-4-12(9)17-8-10/h1-8H,(H,18,19)(H,20,21). The minimum Gasteiger partial charge on any atom is -0.478 e. The largest absolute Gasteiger partial charge is 0.478 e. The second kappa shape index (κ2) is 5.38. The number of rotatable bonds is 3. The van der Waals surface area contributed by atoms with Gasteiger partial charge in [-0.3, -0.25) is 4.98 Å². The van der Waals surface area contributed by atoms with Crippen molar-refractivity contribution in [2.75, 3.05) is 5.32 Å². The number of nitrogens with zero attached hydrogens (tertiary/aromatic N) is 2. The van der Waals surface area contributed by atoms with Gasteiger partial charge in [-0.1, -0.05) is 29.8 Å². The van der Waals surface area contributed by atoms with Gasteiger partial charge >= 0.3 is 5.97 Å². The van der Waals surface area contributed by atoms with Gasteiger partial charge in [-0.05, 0) is 24.3 Å². The van der Waals surface area contributed by atoms with E-state index in [2.05, 4.69) is 15.3 Å². The lowest BCUT2D eigenvalue weighted by molar-refractivity contribution is 0.0697. The van der Waals surface area contributed by atoms with Crippen LogP contribution in [-0.2, 0) is 0 Å². The molecule has 0 aliphatic carbocycles. The SMILES string of the molecule is O=C(O)c1ccc(Cl)nc1Nc1cnc2ccccc2c1. The fraction of sp³-hybridized carbons (Fsp3) is 0. The highest BCUT2D eigenvalue weighted by Crippen LogP contribution is 2.23. The van der Waals surface area contributed by atoms with Crippen LogP contribution in [-0.4, -0.2) is 21.0 Å². The van der Waals surface area contributed by atoms with Crippen LogP contribution in [0, 0.1) is 0 Å². The molecule has 0 aliphatic heterocycles. The predicted octanol–water partition coefficient (Wildman–Crippen LogP) is 3.73. The monoisotopic (exact) mass is 299 g/mol. The summed E-state index contributed by atoms with van der Waals surface area (Å²) in [6.45, 7) is 0. The summed E-state index contributed by atoms with van der Waals surface area (Å²) in [4.78, 5) is 19.5. The first-order valence-corrected chi connectivity index (χ1v) is 6.53. The van der Waals surface area contributed by atoms with Crippen molar-refractivity contribution < 1.29 is 9.90 Å². The Morgan fingerprint density at radius 2 is 2.00 bits per heavy atom. The Morgan fingerprint density at radius 3 is 2.81 bits per heavy atom. The number of benzene rings is 1. The molecule has 0 saturated heterocycles. The minimum absolute atomic E-state index is 0.0487. The topological polar surface area (TPSA) is 75.1 Å². The van der Waals surface area contributed by atoms with Crippen LogP contribution in [0.3, 0.4) is 0 Å². The van der Waals surface area contributed by atoms with Crippen LogP contribution in [0.4, 0.5) is 11.5 Å². The lowest BCUT2D eigenvalue weighted by Gasteiger charge is -2.09. The van der Waals surface area contributed by atoms with Gasteiger partial charge in [-0.2, -0.15) is 0 Å². The normalized spacial score (nSPS) is 10.5. The van der Waals surface area contributed by atoms with Crippen LogP contribution in [0.1, 0.15) is 10.4 Å². The van der Waals surface area contributed by atoms with Crippen molar-refractivity contribution in [3.8, 4) is 0 Å². The van der Waals surface area contributed by atoms with E-state index in [4.69, 9.17) is 16.7 Å². The smallest absolute Gasteiger partial charge is 0.339 e. The summed E-state index contributed by atoms with van der Waals surface area (Å²) >= 11 is 5.82. The summed E-state index contributed by atoms with van der Waals surface area (Å²) in [6, 6.07) is 12.4. The highest BCUT2D eigenvalue weighted by molar-refractivity contribution is 6.29. The lowest BCUT2D eigenvalue weighted by atomic mass is 10.2. The number of aromatic nitrogens is 2. The highest BCUT2D eigenvalue weighted by atomic mass is 35.5. The maximum absolute atomic E-state index is 11.2. The summed E-state index contributed by atoms with van der Waals surface area (Å²) in [7, 11) is 0. The lowest BCUT2D eigenvalue weighted by Crippen LogP contribution is -2.05. The van der Waals surface area contributed by atoms with Crippen molar-refractivity contribution >= 4 is 40.0 Å². The zero-order valence-corrected chi connectivity index (χ0v) is 11.5. The average Bonchev–Trinajstić information content (AvgIpc) is 2.47. The molecule has 0 atom stereocenters. The summed E-state index contributed by atoms with van der Waals surface area (Å²) in [5, 5.41) is 13.3. The molecular formula is C15H10ClN3O2. The van der Waals surface area contributed by atoms with E-state index in [-0.39, 0.29) is 16.5 Å². The number of fused-ring (bicyclic) bond motifs is 1. The van der Waals surface area contributed by atoms with Crippen molar-refractivity contribution in [1.82, 2.24) is 9.97 Å². The molecule has 3 aromatic rings. The zero-order valence-electron chi connectivity index (χ0n) is 10.7. The number of hydrogen-bond donors (Lipinski definition) is 2. The van der Waals surface area contributed by atoms with Crippen molar-refractivity contribution in [3.63, 3.8) is 0 Å². The van der Waals surface area contributed by atoms with Gasteiger partial charge in [-0.25, -0.2) is 9.78 Å². The number of carboxylic acids is 1. The van der Waals surface area contributed by atoms with E-state index < -0.39 is 5.97 Å². The molecular weight excluding hydrogens is 290 g/mol. The van der Waals surface area contributed by atoms with Crippen molar-refractivity contribution in [2.24, 2.45) is 0 Å². The molecule has 0 aliphatic rings. The number of hydrogen-bond acceptors (Lipinski definition) is 4. The van der Waals surface area contributed by atoms with Crippen molar-refractivity contribution in [1.29, 1.82) is 0 Å². The van der Waals surface area contributed by atoms with E-state index in [1.807, 2.05) is 30.3 Å². The summed E-state index contributed by atoms with van der Waals surface area (Å²) in [6.07, 6.45) is 1.62. The van der Waals surface area contributed by atoms with Crippen LogP contribution >= 0.6 is 11.6 Å². The van der Waals surface area contributed by atoms with Gasteiger partial charge in [0.1, 0.15) is 16.5 Å². The number of halogens is 1. The Labute approximate surface area is 125 Å². The number of para-hydroxylation sites is 1. The summed E-state index contributed by atoms with van der Waals surface area (Å²) in [5.74, 6) is -0.887. The van der Waals surface area contributed by atoms with E-state index >= 15 is 0 Å². The molecule has 21 heavy (non-hydrogen) atoms. The van der Waals surface area contributed by atoms with Gasteiger partial charge < -0.3 is 10.4 Å². The van der Waals surface area contributed by atoms with E-state index in [0.29, 0.717) is 5.69 Å². The number of carboxylic acid groups (broad SMARTS) is 1. The fourth-order valence-corrected chi connectivity index (χ4v) is 2.13. The Morgan fingerprint density at radius 1 is 1.19 bits per heavy atom. The molecule has 1 aromatic carbocycles. The van der Waals surface area contributed by atoms with Crippen LogP contribution in [0.25, 0.3) is 10.9 Å². The molecule has 0 spiro atoms. The van der Waals surface area contributed by atoms with Crippen molar-refractivity contribution in [2.45, 2.75) is 0 Å². The highest BCUT2D eigenvalue weighted by Gasteiger charge is 2.12. The third-order valence-electron chi connectivity index (χ3n) is 2.94. The third-order valence-corrected chi connectivity index (χ3v) is 3.16. The second-order valence-corrected chi connectivity index (χ2v) is 4.76. The van der Waals surface area contributed by atoms with E-state index in [0.717, 1.165) is 10.9 Å². The summed E-state index contributed by atoms with van der Waals surface area (Å²) < 4.78 is 0. The maximum Gasteiger partial charge on any atom is 0.339 e. The first-order chi connectivity index (χ1) is 10.1. The second-order valence-electron chi connectivity index (χ2n) is 4.38. The molecule has 104 valence electrons. The molecule has 0 fully saturated rings. The van der Waals surface area contributed by atoms with Gasteiger partial charge in [0, 0.05) is 5.39 Å². The number of nitrogens with one attached hydrogen (secondary N) is 1. The number of carbonyl (C=O) groups is 1.